The summed E-state index contributed by atoms with van der Waals surface area (Å²) in [4.78, 5) is 22.9. The summed E-state index contributed by atoms with van der Waals surface area (Å²) in [7, 11) is -4.89. The van der Waals surface area contributed by atoms with E-state index >= 15 is 0 Å². The fourth-order valence-electron chi connectivity index (χ4n) is 0. The van der Waals surface area contributed by atoms with E-state index in [4.69, 9.17) is 19.2 Å². The van der Waals surface area contributed by atoms with Crippen molar-refractivity contribution in [3.05, 3.63) is 0 Å². The van der Waals surface area contributed by atoms with E-state index in [2.05, 4.69) is 0 Å². The zero-order valence-electron chi connectivity index (χ0n) is 4.06. The molecule has 0 aliphatic heterocycles. The molecular weight excluding hydrogens is 173 g/mol. The molecule has 0 aromatic rings. The molecule has 56 valence electrons. The SMILES string of the molecule is O.O=P([O-])(O)O.[Al+3].[F-].[OH-]. The molecule has 0 aromatic carbocycles. The van der Waals surface area contributed by atoms with Gasteiger partial charge in [-0.3, -0.25) is 4.57 Å². The molecule has 0 bridgehead atoms. The Labute approximate surface area is 60.9 Å². The Bertz CT molecular complexity index is 59.2. The van der Waals surface area contributed by atoms with Crippen molar-refractivity contribution in [1.29, 1.82) is 0 Å². The first kappa shape index (κ1) is 33.9. The monoisotopic (exact) mass is 178 g/mol. The van der Waals surface area contributed by atoms with Crippen molar-refractivity contribution >= 4 is 25.2 Å². The second-order valence-electron chi connectivity index (χ2n) is 0.491. The van der Waals surface area contributed by atoms with Gasteiger partial charge in [0.2, 0.25) is 0 Å². The average Bonchev–Trinajstić information content (AvgIpc) is 0.722. The van der Waals surface area contributed by atoms with Gasteiger partial charge in [0.15, 0.2) is 0 Å². The largest absolute Gasteiger partial charge is 3.00 e. The Hall–Kier alpha value is 0.492. The maximum absolute atomic E-state index is 8.77. The minimum atomic E-state index is -4.89. The van der Waals surface area contributed by atoms with E-state index in [1.165, 1.54) is 0 Å². The van der Waals surface area contributed by atoms with Gasteiger partial charge in [-0.15, -0.1) is 0 Å². The molecule has 0 saturated heterocycles. The predicted molar refractivity (Wildman–Crippen MR) is 23.3 cm³/mol. The van der Waals surface area contributed by atoms with E-state index in [0.29, 0.717) is 0 Å². The molecule has 0 saturated carbocycles. The van der Waals surface area contributed by atoms with Crippen molar-refractivity contribution in [2.45, 2.75) is 0 Å². The number of phosphoric acid groups is 1. The van der Waals surface area contributed by atoms with E-state index < -0.39 is 7.82 Å². The Morgan fingerprint density at radius 3 is 1.33 bits per heavy atom. The van der Waals surface area contributed by atoms with Gasteiger partial charge in [-0.2, -0.15) is 0 Å². The first-order valence-corrected chi connectivity index (χ1v) is 2.30. The molecule has 0 unspecified atom stereocenters. The molecule has 0 radical (unpaired) electrons. The Morgan fingerprint density at radius 2 is 1.33 bits per heavy atom. The van der Waals surface area contributed by atoms with E-state index in [-0.39, 0.29) is 33.0 Å². The summed E-state index contributed by atoms with van der Waals surface area (Å²) in [6, 6.07) is 0. The maximum atomic E-state index is 8.77. The van der Waals surface area contributed by atoms with Gasteiger partial charge in [0.1, 0.15) is 0 Å². The average molecular weight is 178 g/mol. The predicted octanol–water partition coefficient (Wildman–Crippen LogP) is -5.94. The number of hydrogen-bond donors (Lipinski definition) is 2. The molecule has 0 aromatic heterocycles. The minimum Gasteiger partial charge on any atom is -1.00 e. The van der Waals surface area contributed by atoms with Crippen LogP contribution in [0, 0.1) is 0 Å². The van der Waals surface area contributed by atoms with Crippen LogP contribution < -0.4 is 9.60 Å². The van der Waals surface area contributed by atoms with Gasteiger partial charge in [0.25, 0.3) is 7.82 Å². The van der Waals surface area contributed by atoms with Crippen LogP contribution in [-0.4, -0.2) is 38.1 Å². The van der Waals surface area contributed by atoms with Crippen LogP contribution in [0.1, 0.15) is 0 Å². The standard InChI is InChI=1S/Al.FH.H3O4P.2H2O/c;;1-5(2,3)4;;/h;1H;(H3,1,2,3,4);2*1H2/q+3;;;;/p-3. The van der Waals surface area contributed by atoms with Crippen LogP contribution in [0.4, 0.5) is 0 Å². The van der Waals surface area contributed by atoms with Gasteiger partial charge in [-0.1, -0.05) is 0 Å². The summed E-state index contributed by atoms with van der Waals surface area (Å²) in [6.45, 7) is 0. The normalized spacial score (nSPS) is 6.56. The van der Waals surface area contributed by atoms with E-state index in [1.807, 2.05) is 0 Å². The van der Waals surface area contributed by atoms with Gasteiger partial charge >= 0.3 is 17.4 Å². The Balaban J connectivity index is -0.0000000133. The van der Waals surface area contributed by atoms with Crippen molar-refractivity contribution in [3.8, 4) is 0 Å². The van der Waals surface area contributed by atoms with Crippen LogP contribution in [0.15, 0.2) is 0 Å². The van der Waals surface area contributed by atoms with Crippen LogP contribution >= 0.6 is 7.82 Å². The van der Waals surface area contributed by atoms with E-state index in [1.54, 1.807) is 0 Å². The zero-order chi connectivity index (χ0) is 4.50. The first-order chi connectivity index (χ1) is 2.00. The van der Waals surface area contributed by atoms with Gasteiger partial charge in [-0.25, -0.2) is 0 Å². The summed E-state index contributed by atoms with van der Waals surface area (Å²) in [5.41, 5.74) is 0. The summed E-state index contributed by atoms with van der Waals surface area (Å²) >= 11 is 0. The topological polar surface area (TPSA) is 142 Å². The fourth-order valence-corrected chi connectivity index (χ4v) is 0. The van der Waals surface area contributed by atoms with Crippen molar-refractivity contribution in [1.82, 2.24) is 0 Å². The van der Waals surface area contributed by atoms with Crippen LogP contribution in [0.5, 0.6) is 0 Å². The number of hydrogen-bond acceptors (Lipinski definition) is 3. The number of rotatable bonds is 0. The van der Waals surface area contributed by atoms with Crippen molar-refractivity contribution in [2.24, 2.45) is 0 Å². The maximum Gasteiger partial charge on any atom is 3.00 e. The molecule has 0 amide bonds. The van der Waals surface area contributed by atoms with Gasteiger partial charge in [0.05, 0.1) is 0 Å². The third kappa shape index (κ3) is 1480. The molecular formula is H5AlFO6P. The molecule has 5 N–H and O–H groups in total. The van der Waals surface area contributed by atoms with Crippen LogP contribution in [0.25, 0.3) is 0 Å². The minimum absolute atomic E-state index is 0. The second-order valence-corrected chi connectivity index (χ2v) is 1.47. The van der Waals surface area contributed by atoms with Crippen LogP contribution in [-0.2, 0) is 4.57 Å². The first-order valence-electron chi connectivity index (χ1n) is 0.765. The van der Waals surface area contributed by atoms with Gasteiger partial charge in [0, 0.05) is 0 Å². The molecule has 0 atom stereocenters. The van der Waals surface area contributed by atoms with Gasteiger partial charge in [-0.05, 0) is 0 Å². The summed E-state index contributed by atoms with van der Waals surface area (Å²) in [5.74, 6) is 0. The molecule has 6 nitrogen and oxygen atoms in total. The van der Waals surface area contributed by atoms with E-state index in [9.17, 15) is 0 Å². The third-order valence-corrected chi connectivity index (χ3v) is 0. The molecule has 0 heterocycles. The van der Waals surface area contributed by atoms with E-state index in [0.717, 1.165) is 0 Å². The molecule has 9 heteroatoms. The summed E-state index contributed by atoms with van der Waals surface area (Å²) in [5, 5.41) is 0. The molecule has 0 spiro atoms. The van der Waals surface area contributed by atoms with Crippen molar-refractivity contribution in [2.75, 3.05) is 0 Å². The van der Waals surface area contributed by atoms with Gasteiger partial charge < -0.3 is 30.3 Å². The zero-order valence-corrected chi connectivity index (χ0v) is 6.11. The number of halogens is 1. The second kappa shape index (κ2) is 11.3. The molecule has 0 aliphatic rings. The van der Waals surface area contributed by atoms with Crippen molar-refractivity contribution in [3.63, 3.8) is 0 Å². The fraction of sp³-hybridized carbons (Fsp3) is 0. The summed E-state index contributed by atoms with van der Waals surface area (Å²) in [6.07, 6.45) is 0. The van der Waals surface area contributed by atoms with Crippen LogP contribution in [0.3, 0.4) is 0 Å². The smallest absolute Gasteiger partial charge is 1.00 e. The molecule has 0 rings (SSSR count). The molecule has 9 heavy (non-hydrogen) atoms. The Kier molecular flexibility index (Phi) is 42.6. The Morgan fingerprint density at radius 1 is 1.33 bits per heavy atom. The quantitative estimate of drug-likeness (QED) is 0.280. The molecule has 0 fully saturated rings. The van der Waals surface area contributed by atoms with Crippen LogP contribution in [0.2, 0.25) is 0 Å². The summed E-state index contributed by atoms with van der Waals surface area (Å²) < 4.78 is 8.77. The third-order valence-electron chi connectivity index (χ3n) is 0. The molecule has 0 aliphatic carbocycles. The van der Waals surface area contributed by atoms with Crippen molar-refractivity contribution < 1.29 is 34.9 Å².